The second-order valence-electron chi connectivity index (χ2n) is 0.575. The van der Waals surface area contributed by atoms with Crippen LogP contribution in [-0.4, -0.2) is 49.7 Å². The minimum Gasteiger partial charge on any atom is -0.543 e. The van der Waals surface area contributed by atoms with Gasteiger partial charge in [0.15, 0.2) is 0 Å². The van der Waals surface area contributed by atoms with Gasteiger partial charge >= 0.3 is 111 Å². The maximum Gasteiger partial charge on any atom is 4.00 e. The first-order chi connectivity index (χ1) is 2.64. The predicted molar refractivity (Wildman–Crippen MR) is 15.8 cm³/mol. The summed E-state index contributed by atoms with van der Waals surface area (Å²) in [7, 11) is 0. The number of carbonyl (C=O) groups excluding carboxylic acids is 2. The summed E-state index contributed by atoms with van der Waals surface area (Å²) in [6.45, 7) is 0. The maximum atomic E-state index is 8.93. The Morgan fingerprint density at radius 3 is 1.11 bits per heavy atom. The second kappa shape index (κ2) is 13.2. The van der Waals surface area contributed by atoms with Crippen LogP contribution in [0, 0.1) is 0 Å². The average Bonchev–Trinajstić information content (AvgIpc) is 1.36. The van der Waals surface area contributed by atoms with Crippen molar-refractivity contribution in [3.8, 4) is 0 Å². The van der Waals surface area contributed by atoms with Crippen LogP contribution < -0.4 is 61.6 Å². The van der Waals surface area contributed by atoms with Crippen molar-refractivity contribution in [2.24, 2.45) is 0 Å². The summed E-state index contributed by atoms with van der Waals surface area (Å²) in [4.78, 5) is 17.9. The first-order valence-electron chi connectivity index (χ1n) is 1.07. The summed E-state index contributed by atoms with van der Waals surface area (Å²) >= 11 is 0. The predicted octanol–water partition coefficient (Wildman–Crippen LogP) is -6.89. The van der Waals surface area contributed by atoms with Gasteiger partial charge in [0.25, 0.3) is 0 Å². The van der Waals surface area contributed by atoms with E-state index in [1.54, 1.807) is 0 Å². The van der Waals surface area contributed by atoms with Crippen molar-refractivity contribution in [2.75, 3.05) is 0 Å². The standard InChI is InChI=1S/C2H2O4.Ca.K.Ti/c3-1(4)2(5)6;;;/h(H,3,4)(H,5,6);;;/q;+2;+1;+4/p-2. The molecule has 7 heteroatoms. The van der Waals surface area contributed by atoms with E-state index in [0.717, 1.165) is 0 Å². The molecule has 0 radical (unpaired) electrons. The molecule has 0 aromatic carbocycles. The fraction of sp³-hybridized carbons (Fsp3) is 0. The third-order valence-electron chi connectivity index (χ3n) is 0.167. The molecular weight excluding hydrogens is 215 g/mol. The van der Waals surface area contributed by atoms with Gasteiger partial charge < -0.3 is 19.8 Å². The van der Waals surface area contributed by atoms with E-state index in [9.17, 15) is 0 Å². The Bertz CT molecular complexity index is 84.6. The number of carboxylic acid groups (broad SMARTS) is 2. The van der Waals surface area contributed by atoms with Crippen molar-refractivity contribution in [2.45, 2.75) is 0 Å². The quantitative estimate of drug-likeness (QED) is 0.297. The fourth-order valence-electron chi connectivity index (χ4n) is 0. The molecule has 0 heterocycles. The monoisotopic (exact) mass is 215 g/mol. The molecule has 0 atom stereocenters. The SMILES string of the molecule is O=C([O-])C(=O)[O-].[Ca+2].[K+].[Ti+4]. The number of aliphatic carboxylic acids is 2. The van der Waals surface area contributed by atoms with Crippen LogP contribution in [0.1, 0.15) is 0 Å². The Labute approximate surface area is 139 Å². The van der Waals surface area contributed by atoms with Crippen LogP contribution in [0.5, 0.6) is 0 Å². The van der Waals surface area contributed by atoms with E-state index in [1.807, 2.05) is 0 Å². The number of carboxylic acids is 2. The summed E-state index contributed by atoms with van der Waals surface area (Å²) in [5.41, 5.74) is 0. The molecule has 0 rings (SSSR count). The minimum atomic E-state index is -2.19. The van der Waals surface area contributed by atoms with Gasteiger partial charge in [-0.3, -0.25) is 0 Å². The second-order valence-corrected chi connectivity index (χ2v) is 0.575. The molecule has 9 heavy (non-hydrogen) atoms. The van der Waals surface area contributed by atoms with Crippen LogP contribution in [0.3, 0.4) is 0 Å². The minimum absolute atomic E-state index is 0. The van der Waals surface area contributed by atoms with Crippen LogP contribution in [0.25, 0.3) is 0 Å². The van der Waals surface area contributed by atoms with Crippen molar-refractivity contribution >= 4 is 49.7 Å². The molecule has 34 valence electrons. The molecule has 0 unspecified atom stereocenters. The van der Waals surface area contributed by atoms with Gasteiger partial charge in [0, 0.05) is 0 Å². The van der Waals surface area contributed by atoms with Gasteiger partial charge in [-0.05, 0) is 0 Å². The molecule has 0 amide bonds. The van der Waals surface area contributed by atoms with Gasteiger partial charge in [-0.2, -0.15) is 0 Å². The molecule has 0 bridgehead atoms. The first kappa shape index (κ1) is 22.6. The Kier molecular flexibility index (Phi) is 33.0. The van der Waals surface area contributed by atoms with Crippen LogP contribution in [0.15, 0.2) is 0 Å². The Morgan fingerprint density at radius 1 is 1.00 bits per heavy atom. The maximum absolute atomic E-state index is 8.93. The normalized spacial score (nSPS) is 4.89. The van der Waals surface area contributed by atoms with E-state index in [1.165, 1.54) is 0 Å². The molecule has 0 aliphatic heterocycles. The van der Waals surface area contributed by atoms with Crippen LogP contribution in [-0.2, 0) is 31.3 Å². The third kappa shape index (κ3) is 18.0. The number of hydrogen-bond donors (Lipinski definition) is 0. The van der Waals surface area contributed by atoms with Crippen molar-refractivity contribution in [3.05, 3.63) is 0 Å². The van der Waals surface area contributed by atoms with E-state index in [2.05, 4.69) is 0 Å². The summed E-state index contributed by atoms with van der Waals surface area (Å²) in [6, 6.07) is 0. The Morgan fingerprint density at radius 2 is 1.11 bits per heavy atom. The van der Waals surface area contributed by atoms with Crippen molar-refractivity contribution in [1.82, 2.24) is 0 Å². The van der Waals surface area contributed by atoms with Crippen LogP contribution in [0.4, 0.5) is 0 Å². The molecule has 0 aromatic heterocycles. The van der Waals surface area contributed by atoms with Gasteiger partial charge in [-0.25, -0.2) is 0 Å². The van der Waals surface area contributed by atoms with Crippen molar-refractivity contribution in [3.63, 3.8) is 0 Å². The molecule has 0 saturated heterocycles. The van der Waals surface area contributed by atoms with Gasteiger partial charge in [0.05, 0.1) is 11.9 Å². The van der Waals surface area contributed by atoms with Crippen LogP contribution >= 0.6 is 0 Å². The van der Waals surface area contributed by atoms with E-state index in [4.69, 9.17) is 19.8 Å². The zero-order valence-corrected chi connectivity index (χ0v) is 11.7. The van der Waals surface area contributed by atoms with E-state index in [0.29, 0.717) is 0 Å². The van der Waals surface area contributed by atoms with Crippen molar-refractivity contribution < 1.29 is 92.9 Å². The number of carbonyl (C=O) groups is 2. The summed E-state index contributed by atoms with van der Waals surface area (Å²) in [6.07, 6.45) is 0. The summed E-state index contributed by atoms with van der Waals surface area (Å²) in [5, 5.41) is 17.9. The number of hydrogen-bond acceptors (Lipinski definition) is 4. The zero-order chi connectivity index (χ0) is 5.15. The molecule has 0 fully saturated rings. The van der Waals surface area contributed by atoms with Gasteiger partial charge in [0.1, 0.15) is 0 Å². The Hall–Kier alpha value is 2.55. The Balaban J connectivity index is -0.0000000417. The van der Waals surface area contributed by atoms with E-state index < -0.39 is 11.9 Å². The molecule has 0 aromatic rings. The van der Waals surface area contributed by atoms with Crippen molar-refractivity contribution in [1.29, 1.82) is 0 Å². The molecule has 0 aliphatic carbocycles. The fourth-order valence-corrected chi connectivity index (χ4v) is 0. The number of rotatable bonds is 0. The zero-order valence-electron chi connectivity index (χ0n) is 4.84. The van der Waals surface area contributed by atoms with E-state index >= 15 is 0 Å². The van der Waals surface area contributed by atoms with Crippen LogP contribution in [0.2, 0.25) is 0 Å². The molecule has 4 nitrogen and oxygen atoms in total. The largest absolute Gasteiger partial charge is 4.00 e. The van der Waals surface area contributed by atoms with Gasteiger partial charge in [0.2, 0.25) is 0 Å². The van der Waals surface area contributed by atoms with Gasteiger partial charge in [-0.15, -0.1) is 0 Å². The molecule has 0 spiro atoms. The summed E-state index contributed by atoms with van der Waals surface area (Å²) < 4.78 is 0. The first-order valence-corrected chi connectivity index (χ1v) is 1.07. The topological polar surface area (TPSA) is 80.3 Å². The smallest absolute Gasteiger partial charge is 0.543 e. The third-order valence-corrected chi connectivity index (χ3v) is 0.167. The van der Waals surface area contributed by atoms with Gasteiger partial charge in [-0.1, -0.05) is 0 Å². The molecular formula is C2CaKO4Ti+5. The molecule has 0 saturated carbocycles. The van der Waals surface area contributed by atoms with E-state index in [-0.39, 0.29) is 111 Å². The summed E-state index contributed by atoms with van der Waals surface area (Å²) in [5.74, 6) is -4.37. The molecule has 0 N–H and O–H groups in total. The molecule has 0 aliphatic rings. The average molecular weight is 215 g/mol.